The fourth-order valence-electron chi connectivity index (χ4n) is 2.27. The molecular formula is C12H16N2O4S. The summed E-state index contributed by atoms with van der Waals surface area (Å²) in [6, 6.07) is -0.507. The molecule has 1 unspecified atom stereocenters. The molecule has 7 heteroatoms. The number of aryl methyl sites for hydroxylation is 1. The molecule has 2 rings (SSSR count). The Morgan fingerprint density at radius 1 is 1.53 bits per heavy atom. The van der Waals surface area contributed by atoms with Crippen LogP contribution in [0.3, 0.4) is 0 Å². The monoisotopic (exact) mass is 284 g/mol. The highest BCUT2D eigenvalue weighted by atomic mass is 32.1. The van der Waals surface area contributed by atoms with Crippen LogP contribution in [0.4, 0.5) is 0 Å². The molecule has 0 N–H and O–H groups in total. The molecule has 1 saturated heterocycles. The number of carbonyl (C=O) groups excluding carboxylic acids is 2. The molecule has 0 saturated carbocycles. The summed E-state index contributed by atoms with van der Waals surface area (Å²) in [5.74, 6) is -0.600. The smallest absolute Gasteiger partial charge is 0.328 e. The third-order valence-electron chi connectivity index (χ3n) is 3.32. The zero-order chi connectivity index (χ0) is 14.0. The van der Waals surface area contributed by atoms with Gasteiger partial charge in [0.25, 0.3) is 0 Å². The first kappa shape index (κ1) is 13.8. The van der Waals surface area contributed by atoms with Crippen molar-refractivity contribution < 1.29 is 14.3 Å². The van der Waals surface area contributed by atoms with E-state index in [1.165, 1.54) is 16.6 Å². The maximum Gasteiger partial charge on any atom is 0.328 e. The van der Waals surface area contributed by atoms with Crippen LogP contribution < -0.4 is 4.87 Å². The highest BCUT2D eigenvalue weighted by Crippen LogP contribution is 2.19. The van der Waals surface area contributed by atoms with E-state index >= 15 is 0 Å². The summed E-state index contributed by atoms with van der Waals surface area (Å²) < 4.78 is 6.13. The van der Waals surface area contributed by atoms with Gasteiger partial charge >= 0.3 is 10.8 Å². The van der Waals surface area contributed by atoms with Crippen LogP contribution in [-0.4, -0.2) is 41.0 Å². The Hall–Kier alpha value is -1.63. The van der Waals surface area contributed by atoms with E-state index in [0.717, 1.165) is 23.5 Å². The first-order valence-corrected chi connectivity index (χ1v) is 6.94. The largest absolute Gasteiger partial charge is 0.467 e. The van der Waals surface area contributed by atoms with Crippen molar-refractivity contribution in [3.05, 3.63) is 20.7 Å². The summed E-state index contributed by atoms with van der Waals surface area (Å²) in [4.78, 5) is 36.7. The lowest BCUT2D eigenvalue weighted by Gasteiger charge is -2.22. The molecule has 0 radical (unpaired) electrons. The summed E-state index contributed by atoms with van der Waals surface area (Å²) in [6.45, 7) is 2.31. The van der Waals surface area contributed by atoms with Crippen LogP contribution in [-0.2, 0) is 20.9 Å². The van der Waals surface area contributed by atoms with Gasteiger partial charge in [-0.1, -0.05) is 11.3 Å². The molecule has 1 aromatic rings. The first-order valence-electron chi connectivity index (χ1n) is 6.07. The highest BCUT2D eigenvalue weighted by Gasteiger charge is 2.34. The van der Waals surface area contributed by atoms with E-state index in [1.807, 2.05) is 0 Å². The number of ether oxygens (including phenoxy) is 1. The number of thiazole rings is 1. The van der Waals surface area contributed by atoms with Crippen molar-refractivity contribution >= 4 is 23.2 Å². The van der Waals surface area contributed by atoms with Crippen LogP contribution in [0.25, 0.3) is 0 Å². The maximum atomic E-state index is 12.2. The third-order valence-corrected chi connectivity index (χ3v) is 4.20. The Labute approximate surface area is 114 Å². The second kappa shape index (κ2) is 5.56. The molecule has 6 nitrogen and oxygen atoms in total. The number of esters is 1. The predicted octanol–water partition coefficient (Wildman–Crippen LogP) is 0.382. The number of methoxy groups -OCH3 is 1. The number of rotatable bonds is 3. The van der Waals surface area contributed by atoms with Crippen LogP contribution >= 0.6 is 11.3 Å². The highest BCUT2D eigenvalue weighted by molar-refractivity contribution is 7.07. The van der Waals surface area contributed by atoms with E-state index in [-0.39, 0.29) is 23.3 Å². The van der Waals surface area contributed by atoms with Gasteiger partial charge in [0, 0.05) is 17.6 Å². The minimum atomic E-state index is -0.507. The molecule has 0 bridgehead atoms. The number of carbonyl (C=O) groups is 2. The molecule has 1 aromatic heterocycles. The van der Waals surface area contributed by atoms with E-state index in [1.54, 1.807) is 12.3 Å². The summed E-state index contributed by atoms with van der Waals surface area (Å²) >= 11 is 1.07. The normalized spacial score (nSPS) is 18.6. The van der Waals surface area contributed by atoms with Crippen molar-refractivity contribution in [1.82, 2.24) is 9.47 Å². The van der Waals surface area contributed by atoms with Gasteiger partial charge in [-0.2, -0.15) is 0 Å². The average Bonchev–Trinajstić information content (AvgIpc) is 2.99. The molecule has 1 aliphatic heterocycles. The Morgan fingerprint density at radius 2 is 2.26 bits per heavy atom. The number of amides is 1. The lowest BCUT2D eigenvalue weighted by molar-refractivity contribution is -0.151. The lowest BCUT2D eigenvalue weighted by atomic mass is 10.2. The van der Waals surface area contributed by atoms with Crippen molar-refractivity contribution in [2.45, 2.75) is 32.4 Å². The van der Waals surface area contributed by atoms with Crippen LogP contribution in [0.5, 0.6) is 0 Å². The van der Waals surface area contributed by atoms with Gasteiger partial charge in [-0.3, -0.25) is 14.2 Å². The minimum Gasteiger partial charge on any atom is -0.467 e. The van der Waals surface area contributed by atoms with E-state index in [2.05, 4.69) is 0 Å². The van der Waals surface area contributed by atoms with E-state index in [0.29, 0.717) is 13.0 Å². The fraction of sp³-hybridized carbons (Fsp3) is 0.583. The number of hydrogen-bond donors (Lipinski definition) is 0. The molecular weight excluding hydrogens is 268 g/mol. The van der Waals surface area contributed by atoms with Gasteiger partial charge in [-0.25, -0.2) is 4.79 Å². The Kier molecular flexibility index (Phi) is 4.04. The molecule has 1 atom stereocenters. The van der Waals surface area contributed by atoms with Gasteiger partial charge < -0.3 is 9.64 Å². The molecule has 0 aliphatic carbocycles. The molecule has 1 aliphatic rings. The number of aromatic nitrogens is 1. The van der Waals surface area contributed by atoms with E-state index in [9.17, 15) is 14.4 Å². The van der Waals surface area contributed by atoms with Crippen molar-refractivity contribution in [2.24, 2.45) is 0 Å². The topological polar surface area (TPSA) is 68.6 Å². The Morgan fingerprint density at radius 3 is 2.84 bits per heavy atom. The summed E-state index contributed by atoms with van der Waals surface area (Å²) in [5.41, 5.74) is 0.761. The Balaban J connectivity index is 2.12. The van der Waals surface area contributed by atoms with Gasteiger partial charge in [0.15, 0.2) is 0 Å². The molecule has 1 amide bonds. The zero-order valence-corrected chi connectivity index (χ0v) is 11.7. The van der Waals surface area contributed by atoms with Crippen molar-refractivity contribution in [1.29, 1.82) is 0 Å². The van der Waals surface area contributed by atoms with Crippen LogP contribution in [0.1, 0.15) is 18.5 Å². The van der Waals surface area contributed by atoms with Crippen LogP contribution in [0.2, 0.25) is 0 Å². The second-order valence-corrected chi connectivity index (χ2v) is 5.32. The number of likely N-dealkylation sites (tertiary alicyclic amines) is 1. The lowest BCUT2D eigenvalue weighted by Crippen LogP contribution is -2.43. The molecule has 0 spiro atoms. The van der Waals surface area contributed by atoms with Crippen LogP contribution in [0.15, 0.2) is 10.2 Å². The van der Waals surface area contributed by atoms with Crippen molar-refractivity contribution in [3.63, 3.8) is 0 Å². The molecule has 104 valence electrons. The average molecular weight is 284 g/mol. The van der Waals surface area contributed by atoms with Gasteiger partial charge in [0.1, 0.15) is 12.6 Å². The van der Waals surface area contributed by atoms with Gasteiger partial charge in [0.2, 0.25) is 5.91 Å². The molecule has 19 heavy (non-hydrogen) atoms. The summed E-state index contributed by atoms with van der Waals surface area (Å²) in [7, 11) is 1.32. The maximum absolute atomic E-state index is 12.2. The number of nitrogens with zero attached hydrogens (tertiary/aromatic N) is 2. The van der Waals surface area contributed by atoms with E-state index in [4.69, 9.17) is 4.74 Å². The Bertz CT molecular complexity index is 548. The number of hydrogen-bond acceptors (Lipinski definition) is 5. The SMILES string of the molecule is COC(=O)C1CCCN1C(=O)Cn1c(C)csc1=O. The zero-order valence-electron chi connectivity index (χ0n) is 10.9. The standard InChI is InChI=1S/C12H16N2O4S/c1-8-7-19-12(17)14(8)6-10(15)13-5-3-4-9(13)11(16)18-2/h7,9H,3-6H2,1-2H3. The van der Waals surface area contributed by atoms with Gasteiger partial charge in [0.05, 0.1) is 7.11 Å². The molecule has 1 fully saturated rings. The quantitative estimate of drug-likeness (QED) is 0.753. The molecule has 0 aromatic carbocycles. The van der Waals surface area contributed by atoms with Gasteiger partial charge in [-0.15, -0.1) is 0 Å². The summed E-state index contributed by atoms with van der Waals surface area (Å²) in [6.07, 6.45) is 1.40. The van der Waals surface area contributed by atoms with Crippen molar-refractivity contribution in [2.75, 3.05) is 13.7 Å². The molecule has 2 heterocycles. The third kappa shape index (κ3) is 2.70. The van der Waals surface area contributed by atoms with E-state index < -0.39 is 6.04 Å². The first-order chi connectivity index (χ1) is 9.04. The minimum absolute atomic E-state index is 0.0122. The fourth-order valence-corrected chi connectivity index (χ4v) is 3.00. The predicted molar refractivity (Wildman–Crippen MR) is 70.1 cm³/mol. The van der Waals surface area contributed by atoms with Crippen molar-refractivity contribution in [3.8, 4) is 0 Å². The summed E-state index contributed by atoms with van der Waals surface area (Å²) in [5, 5.41) is 1.72. The van der Waals surface area contributed by atoms with Gasteiger partial charge in [-0.05, 0) is 19.8 Å². The van der Waals surface area contributed by atoms with Crippen LogP contribution in [0, 0.1) is 6.92 Å². The second-order valence-electron chi connectivity index (χ2n) is 4.50.